The Hall–Kier alpha value is -1.51. The van der Waals surface area contributed by atoms with Crippen LogP contribution in [0, 0.1) is 5.41 Å². The molecule has 1 aliphatic carbocycles. The van der Waals surface area contributed by atoms with Crippen molar-refractivity contribution in [1.29, 1.82) is 0 Å². The molecule has 2 N–H and O–H groups in total. The minimum atomic E-state index is -0.0427. The van der Waals surface area contributed by atoms with Crippen LogP contribution in [-0.2, 0) is 0 Å². The van der Waals surface area contributed by atoms with Gasteiger partial charge in [-0.05, 0) is 43.4 Å². The Morgan fingerprint density at radius 3 is 2.71 bits per heavy atom. The van der Waals surface area contributed by atoms with Crippen molar-refractivity contribution in [1.82, 2.24) is 5.32 Å². The van der Waals surface area contributed by atoms with E-state index >= 15 is 0 Å². The Labute approximate surface area is 103 Å². The molecule has 0 bridgehead atoms. The number of nitrogens with one attached hydrogen (secondary N) is 2. The lowest BCUT2D eigenvalue weighted by molar-refractivity contribution is 0.0963. The summed E-state index contributed by atoms with van der Waals surface area (Å²) in [6.45, 7) is 4.51. The highest BCUT2D eigenvalue weighted by atomic mass is 16.1. The lowest BCUT2D eigenvalue weighted by Crippen LogP contribution is -2.25. The largest absolute Gasteiger partial charge is 0.382 e. The van der Waals surface area contributed by atoms with Crippen LogP contribution in [0.5, 0.6) is 0 Å². The maximum Gasteiger partial charge on any atom is 0.251 e. The van der Waals surface area contributed by atoms with Gasteiger partial charge in [0.05, 0.1) is 0 Å². The second-order valence-corrected chi connectivity index (χ2v) is 5.18. The Morgan fingerprint density at radius 1 is 1.41 bits per heavy atom. The van der Waals surface area contributed by atoms with Crippen LogP contribution in [-0.4, -0.2) is 19.0 Å². The van der Waals surface area contributed by atoms with E-state index in [9.17, 15) is 4.79 Å². The van der Waals surface area contributed by atoms with Crippen molar-refractivity contribution in [2.75, 3.05) is 12.4 Å². The minimum absolute atomic E-state index is 0.0427. The summed E-state index contributed by atoms with van der Waals surface area (Å²) >= 11 is 0. The molecule has 1 unspecified atom stereocenters. The predicted octanol–water partition coefficient (Wildman–Crippen LogP) is 2.65. The fourth-order valence-electron chi connectivity index (χ4n) is 1.95. The van der Waals surface area contributed by atoms with E-state index in [1.165, 1.54) is 12.8 Å². The molecule has 0 heterocycles. The Bertz CT molecular complexity index is 424. The molecule has 1 amide bonds. The van der Waals surface area contributed by atoms with Crippen LogP contribution < -0.4 is 10.6 Å². The van der Waals surface area contributed by atoms with Crippen LogP contribution >= 0.6 is 0 Å². The van der Waals surface area contributed by atoms with Gasteiger partial charge < -0.3 is 10.6 Å². The number of amides is 1. The molecular weight excluding hydrogens is 212 g/mol. The zero-order valence-corrected chi connectivity index (χ0v) is 10.7. The molecular formula is C14H20N2O. The van der Waals surface area contributed by atoms with Crippen LogP contribution in [0.1, 0.15) is 37.0 Å². The molecule has 3 nitrogen and oxygen atoms in total. The van der Waals surface area contributed by atoms with Gasteiger partial charge in [0.15, 0.2) is 0 Å². The highest BCUT2D eigenvalue weighted by molar-refractivity contribution is 5.94. The summed E-state index contributed by atoms with van der Waals surface area (Å²) in [6.07, 6.45) is 2.58. The molecule has 2 rings (SSSR count). The lowest BCUT2D eigenvalue weighted by Gasteiger charge is -2.21. The topological polar surface area (TPSA) is 41.1 Å². The quantitative estimate of drug-likeness (QED) is 0.838. The first-order chi connectivity index (χ1) is 8.05. The monoisotopic (exact) mass is 232 g/mol. The van der Waals surface area contributed by atoms with Crippen LogP contribution in [0.25, 0.3) is 0 Å². The Kier molecular flexibility index (Phi) is 3.09. The van der Waals surface area contributed by atoms with E-state index in [-0.39, 0.29) is 5.91 Å². The second kappa shape index (κ2) is 4.40. The molecule has 1 aliphatic rings. The molecule has 1 saturated carbocycles. The van der Waals surface area contributed by atoms with Gasteiger partial charge in [0.1, 0.15) is 0 Å². The van der Waals surface area contributed by atoms with Crippen molar-refractivity contribution in [3.8, 4) is 0 Å². The number of carbonyl (C=O) groups is 1. The smallest absolute Gasteiger partial charge is 0.251 e. The number of benzene rings is 1. The summed E-state index contributed by atoms with van der Waals surface area (Å²) in [5, 5.41) is 6.12. The van der Waals surface area contributed by atoms with Crippen LogP contribution in [0.2, 0.25) is 0 Å². The molecule has 0 spiro atoms. The third-order valence-corrected chi connectivity index (χ3v) is 3.82. The molecule has 17 heavy (non-hydrogen) atoms. The van der Waals surface area contributed by atoms with Gasteiger partial charge in [-0.1, -0.05) is 13.0 Å². The lowest BCUT2D eigenvalue weighted by atomic mass is 10.0. The van der Waals surface area contributed by atoms with Gasteiger partial charge in [-0.2, -0.15) is 0 Å². The van der Waals surface area contributed by atoms with Crippen molar-refractivity contribution >= 4 is 11.6 Å². The van der Waals surface area contributed by atoms with Crippen molar-refractivity contribution < 1.29 is 4.79 Å². The SMILES string of the molecule is CNC(=O)c1cccc(NC(C)C2(C)CC2)c1. The van der Waals surface area contributed by atoms with Crippen LogP contribution in [0.3, 0.4) is 0 Å². The fraction of sp³-hybridized carbons (Fsp3) is 0.500. The maximum absolute atomic E-state index is 11.5. The van der Waals surface area contributed by atoms with E-state index < -0.39 is 0 Å². The highest BCUT2D eigenvalue weighted by Gasteiger charge is 2.42. The van der Waals surface area contributed by atoms with E-state index in [4.69, 9.17) is 0 Å². The Balaban J connectivity index is 2.08. The zero-order chi connectivity index (χ0) is 12.5. The number of hydrogen-bond acceptors (Lipinski definition) is 2. The average Bonchev–Trinajstić information content (AvgIpc) is 3.08. The molecule has 1 atom stereocenters. The van der Waals surface area contributed by atoms with E-state index in [0.29, 0.717) is 17.0 Å². The summed E-state index contributed by atoms with van der Waals surface area (Å²) in [5.41, 5.74) is 2.15. The van der Waals surface area contributed by atoms with Crippen LogP contribution in [0.4, 0.5) is 5.69 Å². The minimum Gasteiger partial charge on any atom is -0.382 e. The summed E-state index contributed by atoms with van der Waals surface area (Å²) < 4.78 is 0. The summed E-state index contributed by atoms with van der Waals surface area (Å²) in [6, 6.07) is 8.10. The molecule has 1 aromatic rings. The van der Waals surface area contributed by atoms with Gasteiger partial charge in [-0.3, -0.25) is 4.79 Å². The van der Waals surface area contributed by atoms with E-state index in [2.05, 4.69) is 24.5 Å². The van der Waals surface area contributed by atoms with Crippen molar-refractivity contribution in [3.63, 3.8) is 0 Å². The Morgan fingerprint density at radius 2 is 2.12 bits per heavy atom. The summed E-state index contributed by atoms with van der Waals surface area (Å²) in [5.74, 6) is -0.0427. The van der Waals surface area contributed by atoms with E-state index in [1.807, 2.05) is 24.3 Å². The average molecular weight is 232 g/mol. The fourth-order valence-corrected chi connectivity index (χ4v) is 1.95. The number of carbonyl (C=O) groups excluding carboxylic acids is 1. The third kappa shape index (κ3) is 2.60. The summed E-state index contributed by atoms with van der Waals surface area (Å²) in [7, 11) is 1.65. The summed E-state index contributed by atoms with van der Waals surface area (Å²) in [4.78, 5) is 11.5. The molecule has 92 valence electrons. The molecule has 1 aromatic carbocycles. The molecule has 1 fully saturated rings. The molecule has 0 radical (unpaired) electrons. The van der Waals surface area contributed by atoms with Gasteiger partial charge in [0.25, 0.3) is 5.91 Å². The van der Waals surface area contributed by atoms with Crippen molar-refractivity contribution in [2.45, 2.75) is 32.7 Å². The number of hydrogen-bond donors (Lipinski definition) is 2. The predicted molar refractivity (Wildman–Crippen MR) is 70.3 cm³/mol. The number of anilines is 1. The number of rotatable bonds is 4. The van der Waals surface area contributed by atoms with Gasteiger partial charge in [-0.25, -0.2) is 0 Å². The van der Waals surface area contributed by atoms with Crippen molar-refractivity contribution in [3.05, 3.63) is 29.8 Å². The zero-order valence-electron chi connectivity index (χ0n) is 10.7. The first-order valence-electron chi connectivity index (χ1n) is 6.14. The second-order valence-electron chi connectivity index (χ2n) is 5.18. The highest BCUT2D eigenvalue weighted by Crippen LogP contribution is 2.48. The maximum atomic E-state index is 11.5. The van der Waals surface area contributed by atoms with Gasteiger partial charge >= 0.3 is 0 Å². The van der Waals surface area contributed by atoms with E-state index in [1.54, 1.807) is 7.05 Å². The van der Waals surface area contributed by atoms with Gasteiger partial charge in [0.2, 0.25) is 0 Å². The van der Waals surface area contributed by atoms with E-state index in [0.717, 1.165) is 5.69 Å². The molecule has 0 saturated heterocycles. The molecule has 0 aromatic heterocycles. The molecule has 0 aliphatic heterocycles. The molecule has 3 heteroatoms. The normalized spacial score (nSPS) is 18.3. The van der Waals surface area contributed by atoms with Crippen molar-refractivity contribution in [2.24, 2.45) is 5.41 Å². The van der Waals surface area contributed by atoms with Crippen LogP contribution in [0.15, 0.2) is 24.3 Å². The van der Waals surface area contributed by atoms with Gasteiger partial charge in [0, 0.05) is 24.3 Å². The van der Waals surface area contributed by atoms with Gasteiger partial charge in [-0.15, -0.1) is 0 Å². The standard InChI is InChI=1S/C14H20N2O/c1-10(14(2)7-8-14)16-12-6-4-5-11(9-12)13(17)15-3/h4-6,9-10,16H,7-8H2,1-3H3,(H,15,17). The first-order valence-corrected chi connectivity index (χ1v) is 6.14. The first kappa shape index (κ1) is 12.0. The third-order valence-electron chi connectivity index (χ3n) is 3.82.